The van der Waals surface area contributed by atoms with Gasteiger partial charge < -0.3 is 15.0 Å². The van der Waals surface area contributed by atoms with Gasteiger partial charge in [-0.15, -0.1) is 0 Å². The molecule has 2 fully saturated rings. The zero-order valence-corrected chi connectivity index (χ0v) is 15.7. The summed E-state index contributed by atoms with van der Waals surface area (Å²) in [5.41, 5.74) is -0.417. The predicted molar refractivity (Wildman–Crippen MR) is 94.5 cm³/mol. The molecule has 0 aromatic carbocycles. The molecule has 4 atom stereocenters. The van der Waals surface area contributed by atoms with Crippen LogP contribution in [0.15, 0.2) is 0 Å². The minimum atomic E-state index is -0.417. The Morgan fingerprint density at radius 3 is 2.52 bits per heavy atom. The molecule has 1 N–H and O–H groups in total. The SMILES string of the molecule is CC1CCCC(NC2CCCCN(C(=O)OC(C)(C)C)C2)C1C. The third-order valence-corrected chi connectivity index (χ3v) is 5.48. The molecular weight excluding hydrogens is 288 g/mol. The highest BCUT2D eigenvalue weighted by molar-refractivity contribution is 5.68. The van der Waals surface area contributed by atoms with Gasteiger partial charge >= 0.3 is 6.09 Å². The quantitative estimate of drug-likeness (QED) is 0.828. The number of nitrogens with zero attached hydrogens (tertiary/aromatic N) is 1. The summed E-state index contributed by atoms with van der Waals surface area (Å²) in [6, 6.07) is 1.00. The summed E-state index contributed by atoms with van der Waals surface area (Å²) < 4.78 is 5.57. The normalized spacial score (nSPS) is 33.2. The van der Waals surface area contributed by atoms with Crippen LogP contribution in [-0.4, -0.2) is 41.8 Å². The lowest BCUT2D eigenvalue weighted by atomic mass is 9.77. The number of amides is 1. The number of hydrogen-bond donors (Lipinski definition) is 1. The van der Waals surface area contributed by atoms with E-state index in [1.807, 2.05) is 25.7 Å². The topological polar surface area (TPSA) is 41.6 Å². The first kappa shape index (κ1) is 18.6. The van der Waals surface area contributed by atoms with E-state index in [0.29, 0.717) is 12.1 Å². The number of likely N-dealkylation sites (tertiary alicyclic amines) is 1. The first-order valence-corrected chi connectivity index (χ1v) is 9.50. The molecule has 4 nitrogen and oxygen atoms in total. The third-order valence-electron chi connectivity index (χ3n) is 5.48. The highest BCUT2D eigenvalue weighted by Crippen LogP contribution is 2.30. The van der Waals surface area contributed by atoms with Crippen LogP contribution in [0.5, 0.6) is 0 Å². The van der Waals surface area contributed by atoms with E-state index in [2.05, 4.69) is 19.2 Å². The van der Waals surface area contributed by atoms with Gasteiger partial charge in [0.1, 0.15) is 5.60 Å². The summed E-state index contributed by atoms with van der Waals surface area (Å²) in [7, 11) is 0. The van der Waals surface area contributed by atoms with Crippen molar-refractivity contribution in [2.24, 2.45) is 11.8 Å². The van der Waals surface area contributed by atoms with E-state index in [9.17, 15) is 4.79 Å². The number of hydrogen-bond acceptors (Lipinski definition) is 3. The molecule has 2 aliphatic rings. The molecule has 134 valence electrons. The van der Waals surface area contributed by atoms with E-state index in [0.717, 1.165) is 37.8 Å². The van der Waals surface area contributed by atoms with Gasteiger partial charge in [0.2, 0.25) is 0 Å². The van der Waals surface area contributed by atoms with E-state index in [4.69, 9.17) is 4.74 Å². The number of ether oxygens (including phenoxy) is 1. The Kier molecular flexibility index (Phi) is 6.35. The molecule has 1 aliphatic heterocycles. The average Bonchev–Trinajstić information content (AvgIpc) is 2.68. The van der Waals surface area contributed by atoms with E-state index < -0.39 is 5.60 Å². The Bertz CT molecular complexity index is 391. The Hall–Kier alpha value is -0.770. The first-order chi connectivity index (χ1) is 10.8. The second-order valence-electron chi connectivity index (χ2n) is 8.66. The molecule has 1 aliphatic carbocycles. The molecule has 0 spiro atoms. The molecule has 1 heterocycles. The van der Waals surface area contributed by atoms with Crippen molar-refractivity contribution in [3.05, 3.63) is 0 Å². The molecule has 0 aromatic heterocycles. The van der Waals surface area contributed by atoms with Crippen molar-refractivity contribution < 1.29 is 9.53 Å². The van der Waals surface area contributed by atoms with Gasteiger partial charge in [-0.25, -0.2) is 4.79 Å². The standard InChI is InChI=1S/C19H36N2O2/c1-14-9-8-11-17(15(14)2)20-16-10-6-7-12-21(13-16)18(22)23-19(3,4)5/h14-17,20H,6-13H2,1-5H3. The van der Waals surface area contributed by atoms with Crippen LogP contribution in [0.4, 0.5) is 4.79 Å². The van der Waals surface area contributed by atoms with Gasteiger partial charge in [-0.1, -0.05) is 33.1 Å². The third kappa shape index (κ3) is 5.66. The number of carbonyl (C=O) groups excluding carboxylic acids is 1. The monoisotopic (exact) mass is 324 g/mol. The summed E-state index contributed by atoms with van der Waals surface area (Å²) in [5.74, 6) is 1.52. The summed E-state index contributed by atoms with van der Waals surface area (Å²) in [6.45, 7) is 12.2. The van der Waals surface area contributed by atoms with Crippen molar-refractivity contribution >= 4 is 6.09 Å². The molecule has 4 heteroatoms. The van der Waals surface area contributed by atoms with Crippen LogP contribution < -0.4 is 5.32 Å². The Labute approximate surface area is 142 Å². The minimum absolute atomic E-state index is 0.156. The summed E-state index contributed by atoms with van der Waals surface area (Å²) in [5, 5.41) is 3.88. The minimum Gasteiger partial charge on any atom is -0.444 e. The fourth-order valence-electron chi connectivity index (χ4n) is 3.89. The second kappa shape index (κ2) is 7.87. The molecule has 1 saturated heterocycles. The maximum atomic E-state index is 12.4. The average molecular weight is 325 g/mol. The lowest BCUT2D eigenvalue weighted by Crippen LogP contribution is -2.50. The van der Waals surface area contributed by atoms with Crippen LogP contribution in [0.3, 0.4) is 0 Å². The van der Waals surface area contributed by atoms with Gasteiger partial charge in [0.25, 0.3) is 0 Å². The molecule has 4 unspecified atom stereocenters. The van der Waals surface area contributed by atoms with Crippen molar-refractivity contribution in [1.82, 2.24) is 10.2 Å². The smallest absolute Gasteiger partial charge is 0.410 e. The van der Waals surface area contributed by atoms with Gasteiger partial charge in [0.05, 0.1) is 0 Å². The summed E-state index contributed by atoms with van der Waals surface area (Å²) in [4.78, 5) is 14.3. The molecule has 1 saturated carbocycles. The molecule has 23 heavy (non-hydrogen) atoms. The lowest BCUT2D eigenvalue weighted by molar-refractivity contribution is 0.0237. The molecule has 0 bridgehead atoms. The highest BCUT2D eigenvalue weighted by Gasteiger charge is 2.31. The zero-order chi connectivity index (χ0) is 17.0. The van der Waals surface area contributed by atoms with Crippen LogP contribution in [0, 0.1) is 11.8 Å². The fraction of sp³-hybridized carbons (Fsp3) is 0.947. The van der Waals surface area contributed by atoms with Crippen LogP contribution in [-0.2, 0) is 4.74 Å². The van der Waals surface area contributed by atoms with Gasteiger partial charge in [-0.3, -0.25) is 0 Å². The molecular formula is C19H36N2O2. The van der Waals surface area contributed by atoms with Crippen LogP contribution in [0.1, 0.15) is 73.1 Å². The summed E-state index contributed by atoms with van der Waals surface area (Å²) in [6.07, 6.45) is 7.23. The Morgan fingerprint density at radius 1 is 1.09 bits per heavy atom. The highest BCUT2D eigenvalue weighted by atomic mass is 16.6. The van der Waals surface area contributed by atoms with Crippen molar-refractivity contribution in [2.75, 3.05) is 13.1 Å². The van der Waals surface area contributed by atoms with Crippen LogP contribution >= 0.6 is 0 Å². The lowest BCUT2D eigenvalue weighted by Gasteiger charge is -2.38. The molecule has 0 radical (unpaired) electrons. The Morgan fingerprint density at radius 2 is 1.83 bits per heavy atom. The molecule has 2 rings (SSSR count). The van der Waals surface area contributed by atoms with Gasteiger partial charge in [0, 0.05) is 25.2 Å². The number of nitrogens with one attached hydrogen (secondary N) is 1. The molecule has 0 aromatic rings. The maximum Gasteiger partial charge on any atom is 0.410 e. The van der Waals surface area contributed by atoms with E-state index in [1.165, 1.54) is 25.7 Å². The summed E-state index contributed by atoms with van der Waals surface area (Å²) >= 11 is 0. The largest absolute Gasteiger partial charge is 0.444 e. The van der Waals surface area contributed by atoms with E-state index in [1.54, 1.807) is 0 Å². The fourth-order valence-corrected chi connectivity index (χ4v) is 3.89. The van der Waals surface area contributed by atoms with Gasteiger partial charge in [-0.2, -0.15) is 0 Å². The van der Waals surface area contributed by atoms with E-state index >= 15 is 0 Å². The number of carbonyl (C=O) groups is 1. The Balaban J connectivity index is 1.92. The van der Waals surface area contributed by atoms with E-state index in [-0.39, 0.29) is 6.09 Å². The van der Waals surface area contributed by atoms with Crippen molar-refractivity contribution in [3.8, 4) is 0 Å². The maximum absolute atomic E-state index is 12.4. The van der Waals surface area contributed by atoms with Crippen molar-refractivity contribution in [3.63, 3.8) is 0 Å². The zero-order valence-electron chi connectivity index (χ0n) is 15.7. The second-order valence-corrected chi connectivity index (χ2v) is 8.66. The van der Waals surface area contributed by atoms with Crippen molar-refractivity contribution in [1.29, 1.82) is 0 Å². The number of rotatable bonds is 2. The van der Waals surface area contributed by atoms with Gasteiger partial charge in [-0.05, 0) is 51.9 Å². The van der Waals surface area contributed by atoms with Crippen molar-refractivity contribution in [2.45, 2.75) is 90.8 Å². The first-order valence-electron chi connectivity index (χ1n) is 9.50. The van der Waals surface area contributed by atoms with Crippen LogP contribution in [0.25, 0.3) is 0 Å². The van der Waals surface area contributed by atoms with Crippen LogP contribution in [0.2, 0.25) is 0 Å². The predicted octanol–water partition coefficient (Wildman–Crippen LogP) is 4.19. The molecule has 1 amide bonds. The van der Waals surface area contributed by atoms with Gasteiger partial charge in [0.15, 0.2) is 0 Å².